The van der Waals surface area contributed by atoms with Gasteiger partial charge in [-0.3, -0.25) is 0 Å². The fourth-order valence-corrected chi connectivity index (χ4v) is 4.45. The van der Waals surface area contributed by atoms with Crippen molar-refractivity contribution >= 4 is 27.8 Å². The fraction of sp³-hybridized carbons (Fsp3) is 0.615. The van der Waals surface area contributed by atoms with E-state index >= 15 is 0 Å². The molecule has 0 bridgehead atoms. The van der Waals surface area contributed by atoms with Gasteiger partial charge < -0.3 is 4.90 Å². The Kier molecular flexibility index (Phi) is 3.00. The van der Waals surface area contributed by atoms with Crippen LogP contribution >= 0.6 is 22.7 Å². The van der Waals surface area contributed by atoms with Crippen molar-refractivity contribution in [2.24, 2.45) is 0 Å². The molecule has 0 spiro atoms. The topological polar surface area (TPSA) is 41.9 Å². The molecular weight excluding hydrogens is 276 g/mol. The van der Waals surface area contributed by atoms with Crippen molar-refractivity contribution in [3.8, 4) is 0 Å². The minimum absolute atomic E-state index is 0.571. The van der Waals surface area contributed by atoms with Gasteiger partial charge in [0.15, 0.2) is 0 Å². The first-order chi connectivity index (χ1) is 9.40. The van der Waals surface area contributed by atoms with E-state index in [1.165, 1.54) is 35.7 Å². The highest BCUT2D eigenvalue weighted by atomic mass is 32.1. The lowest BCUT2D eigenvalue weighted by molar-refractivity contribution is 0.507. The number of rotatable bonds is 3. The van der Waals surface area contributed by atoms with E-state index in [-0.39, 0.29) is 0 Å². The van der Waals surface area contributed by atoms with Crippen LogP contribution in [0.3, 0.4) is 0 Å². The van der Waals surface area contributed by atoms with E-state index in [1.54, 1.807) is 22.7 Å². The second-order valence-corrected chi connectivity index (χ2v) is 7.27. The standard InChI is InChI=1S/C13H16N4S2/c1-2-10(11-14-5-7-18-11)8-17(6-1)13-16-15-12(19-13)9-3-4-9/h5,7,9-10H,1-4,6,8H2/t10-/m1/s1. The molecule has 0 radical (unpaired) electrons. The molecule has 4 nitrogen and oxygen atoms in total. The Balaban J connectivity index is 1.50. The minimum Gasteiger partial charge on any atom is -0.346 e. The van der Waals surface area contributed by atoms with Gasteiger partial charge in [-0.2, -0.15) is 0 Å². The third-order valence-electron chi connectivity index (χ3n) is 3.85. The van der Waals surface area contributed by atoms with E-state index in [0.717, 1.165) is 18.2 Å². The van der Waals surface area contributed by atoms with Gasteiger partial charge in [0, 0.05) is 36.5 Å². The van der Waals surface area contributed by atoms with Crippen LogP contribution in [0.2, 0.25) is 0 Å². The zero-order valence-corrected chi connectivity index (χ0v) is 12.3. The average Bonchev–Trinajstić information content (AvgIpc) is 2.97. The third-order valence-corrected chi connectivity index (χ3v) is 5.93. The molecule has 2 aromatic rings. The zero-order valence-electron chi connectivity index (χ0n) is 10.7. The van der Waals surface area contributed by atoms with Gasteiger partial charge in [0.25, 0.3) is 0 Å². The van der Waals surface area contributed by atoms with Crippen molar-refractivity contribution in [2.75, 3.05) is 18.0 Å². The molecule has 1 atom stereocenters. The summed E-state index contributed by atoms with van der Waals surface area (Å²) < 4.78 is 0. The first-order valence-electron chi connectivity index (χ1n) is 6.88. The van der Waals surface area contributed by atoms with Crippen LogP contribution in [0, 0.1) is 0 Å². The van der Waals surface area contributed by atoms with Gasteiger partial charge in [0.2, 0.25) is 5.13 Å². The van der Waals surface area contributed by atoms with E-state index in [9.17, 15) is 0 Å². The summed E-state index contributed by atoms with van der Waals surface area (Å²) in [5.74, 6) is 1.29. The molecule has 0 unspecified atom stereocenters. The Hall–Kier alpha value is -1.01. The quantitative estimate of drug-likeness (QED) is 0.871. The van der Waals surface area contributed by atoms with Gasteiger partial charge >= 0.3 is 0 Å². The summed E-state index contributed by atoms with van der Waals surface area (Å²) >= 11 is 3.57. The molecule has 4 rings (SSSR count). The van der Waals surface area contributed by atoms with Crippen molar-refractivity contribution < 1.29 is 0 Å². The lowest BCUT2D eigenvalue weighted by atomic mass is 9.99. The molecule has 2 aliphatic rings. The second kappa shape index (κ2) is 4.83. The fourth-order valence-electron chi connectivity index (χ4n) is 2.64. The number of anilines is 1. The van der Waals surface area contributed by atoms with E-state index < -0.39 is 0 Å². The highest BCUT2D eigenvalue weighted by Gasteiger charge is 2.30. The van der Waals surface area contributed by atoms with E-state index in [0.29, 0.717) is 11.8 Å². The number of hydrogen-bond donors (Lipinski definition) is 0. The predicted octanol–water partition coefficient (Wildman–Crippen LogP) is 3.26. The molecule has 3 heterocycles. The van der Waals surface area contributed by atoms with Crippen molar-refractivity contribution in [3.05, 3.63) is 21.6 Å². The molecule has 1 saturated carbocycles. The number of nitrogens with zero attached hydrogens (tertiary/aromatic N) is 4. The Bertz CT molecular complexity index is 547. The smallest absolute Gasteiger partial charge is 0.208 e. The first-order valence-corrected chi connectivity index (χ1v) is 8.57. The largest absolute Gasteiger partial charge is 0.346 e. The number of aromatic nitrogens is 3. The zero-order chi connectivity index (χ0) is 12.7. The maximum absolute atomic E-state index is 4.47. The summed E-state index contributed by atoms with van der Waals surface area (Å²) in [6.07, 6.45) is 6.99. The van der Waals surface area contributed by atoms with Crippen LogP contribution in [0.4, 0.5) is 5.13 Å². The van der Waals surface area contributed by atoms with Crippen molar-refractivity contribution in [2.45, 2.75) is 37.5 Å². The summed E-state index contributed by atoms with van der Waals surface area (Å²) in [6, 6.07) is 0. The first kappa shape index (κ1) is 11.8. The molecule has 2 fully saturated rings. The Labute approximate surface area is 120 Å². The molecule has 2 aromatic heterocycles. The van der Waals surface area contributed by atoms with Crippen LogP contribution in [-0.2, 0) is 0 Å². The van der Waals surface area contributed by atoms with Crippen LogP contribution in [0.5, 0.6) is 0 Å². The summed E-state index contributed by atoms with van der Waals surface area (Å²) in [6.45, 7) is 2.16. The van der Waals surface area contributed by atoms with E-state index in [2.05, 4.69) is 25.5 Å². The molecule has 19 heavy (non-hydrogen) atoms. The molecule has 100 valence electrons. The van der Waals surface area contributed by atoms with Crippen LogP contribution in [-0.4, -0.2) is 28.3 Å². The van der Waals surface area contributed by atoms with Crippen LogP contribution < -0.4 is 4.90 Å². The molecule has 1 aliphatic heterocycles. The van der Waals surface area contributed by atoms with Gasteiger partial charge in [-0.25, -0.2) is 4.98 Å². The Morgan fingerprint density at radius 2 is 2.05 bits per heavy atom. The maximum atomic E-state index is 4.47. The highest BCUT2D eigenvalue weighted by Crippen LogP contribution is 2.43. The third kappa shape index (κ3) is 2.39. The van der Waals surface area contributed by atoms with Crippen molar-refractivity contribution in [1.29, 1.82) is 0 Å². The van der Waals surface area contributed by atoms with Gasteiger partial charge in [0.1, 0.15) is 5.01 Å². The van der Waals surface area contributed by atoms with Crippen LogP contribution in [0.1, 0.15) is 47.5 Å². The van der Waals surface area contributed by atoms with Gasteiger partial charge in [-0.15, -0.1) is 21.5 Å². The lowest BCUT2D eigenvalue weighted by Gasteiger charge is -2.31. The van der Waals surface area contributed by atoms with Crippen LogP contribution in [0.25, 0.3) is 0 Å². The average molecular weight is 292 g/mol. The monoisotopic (exact) mass is 292 g/mol. The molecule has 0 N–H and O–H groups in total. The summed E-state index contributed by atoms with van der Waals surface area (Å²) in [5, 5.41) is 14.5. The number of thiazole rings is 1. The maximum Gasteiger partial charge on any atom is 0.208 e. The number of piperidine rings is 1. The van der Waals surface area contributed by atoms with E-state index in [1.807, 2.05) is 6.20 Å². The molecule has 0 amide bonds. The van der Waals surface area contributed by atoms with E-state index in [4.69, 9.17) is 0 Å². The van der Waals surface area contributed by atoms with Crippen molar-refractivity contribution in [1.82, 2.24) is 15.2 Å². The number of hydrogen-bond acceptors (Lipinski definition) is 6. The molecule has 0 aromatic carbocycles. The Morgan fingerprint density at radius 1 is 1.11 bits per heavy atom. The minimum atomic E-state index is 0.571. The Morgan fingerprint density at radius 3 is 2.84 bits per heavy atom. The van der Waals surface area contributed by atoms with Crippen LogP contribution in [0.15, 0.2) is 11.6 Å². The summed E-state index contributed by atoms with van der Waals surface area (Å²) in [5.41, 5.74) is 0. The molecular formula is C13H16N4S2. The second-order valence-electron chi connectivity index (χ2n) is 5.35. The van der Waals surface area contributed by atoms with Gasteiger partial charge in [-0.1, -0.05) is 11.3 Å². The molecule has 1 aliphatic carbocycles. The highest BCUT2D eigenvalue weighted by molar-refractivity contribution is 7.15. The summed E-state index contributed by atoms with van der Waals surface area (Å²) in [7, 11) is 0. The normalized spacial score (nSPS) is 23.8. The molecule has 1 saturated heterocycles. The lowest BCUT2D eigenvalue weighted by Crippen LogP contribution is -2.34. The van der Waals surface area contributed by atoms with Gasteiger partial charge in [0.05, 0.1) is 5.01 Å². The SMILES string of the molecule is c1csc([C@@H]2CCCN(c3nnc(C4CC4)s3)C2)n1. The molecule has 6 heteroatoms. The van der Waals surface area contributed by atoms with Gasteiger partial charge in [-0.05, 0) is 25.7 Å². The predicted molar refractivity (Wildman–Crippen MR) is 78.2 cm³/mol. The summed E-state index contributed by atoms with van der Waals surface area (Å²) in [4.78, 5) is 6.87. The van der Waals surface area contributed by atoms with Crippen molar-refractivity contribution in [3.63, 3.8) is 0 Å².